The van der Waals surface area contributed by atoms with Gasteiger partial charge in [-0.15, -0.1) is 0 Å². The molecule has 0 saturated heterocycles. The van der Waals surface area contributed by atoms with Crippen molar-refractivity contribution in [2.75, 3.05) is 18.0 Å². The van der Waals surface area contributed by atoms with Crippen molar-refractivity contribution in [2.45, 2.75) is 0 Å². The number of carboxylic acid groups (broad SMARTS) is 2. The van der Waals surface area contributed by atoms with Crippen molar-refractivity contribution in [1.29, 1.82) is 0 Å². The number of aliphatic carboxylic acids is 2. The molecule has 1 rings (SSSR count). The number of hydrogen-bond acceptors (Lipinski definition) is 5. The van der Waals surface area contributed by atoms with Crippen molar-refractivity contribution in [2.24, 2.45) is 0 Å². The number of rotatable bonds is 5. The van der Waals surface area contributed by atoms with Crippen LogP contribution in [-0.2, 0) is 9.59 Å². The van der Waals surface area contributed by atoms with Crippen molar-refractivity contribution in [3.63, 3.8) is 0 Å². The number of carboxylic acids is 2. The van der Waals surface area contributed by atoms with Crippen LogP contribution in [0.2, 0.25) is 0 Å². The highest BCUT2D eigenvalue weighted by molar-refractivity contribution is 5.78. The SMILES string of the molecule is O=C(O)CN(CC(=O)O)c1ncccn1. The monoisotopic (exact) mass is 211 g/mol. The normalized spacial score (nSPS) is 9.60. The Morgan fingerprint density at radius 2 is 1.60 bits per heavy atom. The second-order valence-corrected chi connectivity index (χ2v) is 2.69. The van der Waals surface area contributed by atoms with Crippen LogP contribution in [-0.4, -0.2) is 45.2 Å². The number of hydrogen-bond donors (Lipinski definition) is 2. The largest absolute Gasteiger partial charge is 0.480 e. The van der Waals surface area contributed by atoms with Crippen molar-refractivity contribution in [1.82, 2.24) is 9.97 Å². The molecule has 0 aliphatic carbocycles. The zero-order valence-electron chi connectivity index (χ0n) is 7.70. The summed E-state index contributed by atoms with van der Waals surface area (Å²) < 4.78 is 0. The molecule has 0 radical (unpaired) electrons. The fourth-order valence-electron chi connectivity index (χ4n) is 0.978. The molecule has 0 spiro atoms. The zero-order valence-corrected chi connectivity index (χ0v) is 7.70. The minimum absolute atomic E-state index is 0.0855. The molecule has 0 unspecified atom stereocenters. The lowest BCUT2D eigenvalue weighted by atomic mass is 10.5. The van der Waals surface area contributed by atoms with E-state index in [1.54, 1.807) is 6.07 Å². The van der Waals surface area contributed by atoms with Gasteiger partial charge in [-0.25, -0.2) is 9.97 Å². The highest BCUT2D eigenvalue weighted by Crippen LogP contribution is 2.03. The van der Waals surface area contributed by atoms with Gasteiger partial charge in [0.25, 0.3) is 0 Å². The predicted octanol–water partition coefficient (Wildman–Crippen LogP) is -0.548. The first-order valence-electron chi connectivity index (χ1n) is 4.05. The summed E-state index contributed by atoms with van der Waals surface area (Å²) in [5.41, 5.74) is 0. The van der Waals surface area contributed by atoms with Gasteiger partial charge in [-0.05, 0) is 6.07 Å². The van der Waals surface area contributed by atoms with E-state index in [0.717, 1.165) is 4.90 Å². The molecule has 0 bridgehead atoms. The van der Waals surface area contributed by atoms with Gasteiger partial charge in [0.2, 0.25) is 5.95 Å². The van der Waals surface area contributed by atoms with Crippen LogP contribution in [0.3, 0.4) is 0 Å². The molecule has 0 atom stereocenters. The summed E-state index contributed by atoms with van der Waals surface area (Å²) in [5.74, 6) is -2.19. The Morgan fingerprint density at radius 1 is 1.13 bits per heavy atom. The number of carbonyl (C=O) groups is 2. The summed E-state index contributed by atoms with van der Waals surface area (Å²) in [6.45, 7) is -0.896. The summed E-state index contributed by atoms with van der Waals surface area (Å²) in [6.07, 6.45) is 2.83. The lowest BCUT2D eigenvalue weighted by Gasteiger charge is -2.17. The highest BCUT2D eigenvalue weighted by atomic mass is 16.4. The Kier molecular flexibility index (Phi) is 3.55. The van der Waals surface area contributed by atoms with Crippen LogP contribution in [0.15, 0.2) is 18.5 Å². The third-order valence-corrected chi connectivity index (χ3v) is 1.49. The summed E-state index contributed by atoms with van der Waals surface area (Å²) in [6, 6.07) is 1.56. The molecule has 0 fully saturated rings. The van der Waals surface area contributed by atoms with Gasteiger partial charge in [-0.2, -0.15) is 0 Å². The van der Waals surface area contributed by atoms with Crippen molar-refractivity contribution in [3.05, 3.63) is 18.5 Å². The molecule has 2 N–H and O–H groups in total. The molecule has 1 aromatic rings. The number of aromatic nitrogens is 2. The van der Waals surface area contributed by atoms with Gasteiger partial charge >= 0.3 is 11.9 Å². The number of anilines is 1. The van der Waals surface area contributed by atoms with Gasteiger partial charge in [0, 0.05) is 12.4 Å². The van der Waals surface area contributed by atoms with E-state index in [1.165, 1.54) is 12.4 Å². The van der Waals surface area contributed by atoms with Crippen LogP contribution < -0.4 is 4.90 Å². The quantitative estimate of drug-likeness (QED) is 0.673. The van der Waals surface area contributed by atoms with Gasteiger partial charge in [-0.3, -0.25) is 9.59 Å². The van der Waals surface area contributed by atoms with Crippen LogP contribution in [0, 0.1) is 0 Å². The third kappa shape index (κ3) is 3.59. The van der Waals surface area contributed by atoms with E-state index in [0.29, 0.717) is 0 Å². The fourth-order valence-corrected chi connectivity index (χ4v) is 0.978. The highest BCUT2D eigenvalue weighted by Gasteiger charge is 2.15. The first-order valence-corrected chi connectivity index (χ1v) is 4.05. The van der Waals surface area contributed by atoms with Crippen LogP contribution in [0.25, 0.3) is 0 Å². The molecule has 15 heavy (non-hydrogen) atoms. The molecule has 0 saturated carbocycles. The lowest BCUT2D eigenvalue weighted by molar-refractivity contribution is -0.136. The average Bonchev–Trinajstić information content (AvgIpc) is 2.17. The van der Waals surface area contributed by atoms with Crippen molar-refractivity contribution >= 4 is 17.9 Å². The molecular formula is C8H9N3O4. The average molecular weight is 211 g/mol. The van der Waals surface area contributed by atoms with E-state index in [1.807, 2.05) is 0 Å². The Bertz CT molecular complexity index is 338. The molecule has 0 aliphatic rings. The maximum atomic E-state index is 10.5. The van der Waals surface area contributed by atoms with E-state index >= 15 is 0 Å². The summed E-state index contributed by atoms with van der Waals surface area (Å²) in [5, 5.41) is 17.1. The van der Waals surface area contributed by atoms with E-state index in [9.17, 15) is 9.59 Å². The maximum Gasteiger partial charge on any atom is 0.323 e. The van der Waals surface area contributed by atoms with Gasteiger partial charge in [0.05, 0.1) is 0 Å². The summed E-state index contributed by atoms with van der Waals surface area (Å²) in [7, 11) is 0. The van der Waals surface area contributed by atoms with Crippen LogP contribution in [0.4, 0.5) is 5.95 Å². The lowest BCUT2D eigenvalue weighted by Crippen LogP contribution is -2.35. The van der Waals surface area contributed by atoms with E-state index in [4.69, 9.17) is 10.2 Å². The Labute approximate surface area is 85.0 Å². The van der Waals surface area contributed by atoms with Gasteiger partial charge in [0.15, 0.2) is 0 Å². The molecule has 80 valence electrons. The molecule has 7 nitrogen and oxygen atoms in total. The summed E-state index contributed by atoms with van der Waals surface area (Å²) >= 11 is 0. The second-order valence-electron chi connectivity index (χ2n) is 2.69. The maximum absolute atomic E-state index is 10.5. The van der Waals surface area contributed by atoms with Crippen molar-refractivity contribution < 1.29 is 19.8 Å². The molecule has 0 aliphatic heterocycles. The van der Waals surface area contributed by atoms with Crippen LogP contribution >= 0.6 is 0 Å². The standard InChI is InChI=1S/C8H9N3O4/c12-6(13)4-11(5-7(14)15)8-9-2-1-3-10-8/h1-3H,4-5H2,(H,12,13)(H,14,15). The molecule has 0 aromatic carbocycles. The summed E-state index contributed by atoms with van der Waals surface area (Å²) in [4.78, 5) is 29.6. The minimum Gasteiger partial charge on any atom is -0.480 e. The van der Waals surface area contributed by atoms with Crippen LogP contribution in [0.5, 0.6) is 0 Å². The van der Waals surface area contributed by atoms with Gasteiger partial charge in [0.1, 0.15) is 13.1 Å². The molecule has 1 aromatic heterocycles. The minimum atomic E-state index is -1.14. The van der Waals surface area contributed by atoms with Gasteiger partial charge < -0.3 is 15.1 Å². The van der Waals surface area contributed by atoms with E-state index < -0.39 is 25.0 Å². The Balaban J connectivity index is 2.81. The fraction of sp³-hybridized carbons (Fsp3) is 0.250. The van der Waals surface area contributed by atoms with Crippen molar-refractivity contribution in [3.8, 4) is 0 Å². The molecule has 7 heteroatoms. The predicted molar refractivity (Wildman–Crippen MR) is 49.5 cm³/mol. The third-order valence-electron chi connectivity index (χ3n) is 1.49. The Hall–Kier alpha value is -2.18. The van der Waals surface area contributed by atoms with Crippen LogP contribution in [0.1, 0.15) is 0 Å². The second kappa shape index (κ2) is 4.89. The zero-order chi connectivity index (χ0) is 11.3. The van der Waals surface area contributed by atoms with Gasteiger partial charge in [-0.1, -0.05) is 0 Å². The molecule has 0 amide bonds. The smallest absolute Gasteiger partial charge is 0.323 e. The topological polar surface area (TPSA) is 104 Å². The number of nitrogens with zero attached hydrogens (tertiary/aromatic N) is 3. The first kappa shape index (κ1) is 10.9. The molecule has 1 heterocycles. The van der Waals surface area contributed by atoms with E-state index in [-0.39, 0.29) is 5.95 Å². The molecular weight excluding hydrogens is 202 g/mol. The van der Waals surface area contributed by atoms with E-state index in [2.05, 4.69) is 9.97 Å². The first-order chi connectivity index (χ1) is 7.09. The Morgan fingerprint density at radius 3 is 2.00 bits per heavy atom.